The van der Waals surface area contributed by atoms with E-state index in [9.17, 15) is 0 Å². The molecule has 8 aromatic rings. The first kappa shape index (κ1) is 48.0. The minimum absolute atomic E-state index is 0.154. The molecule has 0 saturated carbocycles. The number of aromatic nitrogens is 10. The summed E-state index contributed by atoms with van der Waals surface area (Å²) in [7, 11) is 3.28. The van der Waals surface area contributed by atoms with E-state index in [0.717, 1.165) is 97.5 Å². The van der Waals surface area contributed by atoms with E-state index in [1.54, 1.807) is 39.3 Å². The van der Waals surface area contributed by atoms with Gasteiger partial charge in [0.25, 0.3) is 0 Å². The van der Waals surface area contributed by atoms with Crippen LogP contribution in [0.4, 0.5) is 23.3 Å². The first-order chi connectivity index (χ1) is 34.0. The Morgan fingerprint density at radius 3 is 1.33 bits per heavy atom. The molecule has 70 heavy (non-hydrogen) atoms. The van der Waals surface area contributed by atoms with Crippen LogP contribution in [0.5, 0.6) is 23.0 Å². The third kappa shape index (κ3) is 11.3. The number of nitrogens with zero attached hydrogens (tertiary/aromatic N) is 10. The van der Waals surface area contributed by atoms with Crippen molar-refractivity contribution in [2.75, 3.05) is 24.9 Å². The van der Waals surface area contributed by atoms with Crippen LogP contribution in [0.25, 0.3) is 11.4 Å². The van der Waals surface area contributed by atoms with Gasteiger partial charge in [-0.1, -0.05) is 60.3 Å². The second-order valence-corrected chi connectivity index (χ2v) is 18.6. The normalized spacial score (nSPS) is 15.5. The van der Waals surface area contributed by atoms with Crippen molar-refractivity contribution in [2.45, 2.75) is 103 Å². The van der Waals surface area contributed by atoms with Gasteiger partial charge in [0.2, 0.25) is 11.9 Å². The maximum atomic E-state index is 5.98. The van der Waals surface area contributed by atoms with Crippen molar-refractivity contribution in [1.29, 1.82) is 0 Å². The fourth-order valence-electron chi connectivity index (χ4n) is 8.93. The number of imidazole rings is 2. The predicted molar refractivity (Wildman–Crippen MR) is 273 cm³/mol. The number of hydrogen-bond donors (Lipinski definition) is 2. The van der Waals surface area contributed by atoms with Gasteiger partial charge in [0, 0.05) is 60.8 Å². The second-order valence-electron chi connectivity index (χ2n) is 17.8. The van der Waals surface area contributed by atoms with Crippen molar-refractivity contribution in [2.24, 2.45) is 0 Å². The average molecular weight is 986 g/mol. The number of aryl methyl sites for hydroxylation is 2. The van der Waals surface area contributed by atoms with Gasteiger partial charge >= 0.3 is 0 Å². The quantitative estimate of drug-likeness (QED) is 0.106. The fourth-order valence-corrected chi connectivity index (χ4v) is 9.22. The van der Waals surface area contributed by atoms with Crippen LogP contribution in [0, 0.1) is 0 Å². The molecule has 2 aliphatic rings. The summed E-state index contributed by atoms with van der Waals surface area (Å²) in [6.07, 6.45) is 13.6. The molecule has 2 aliphatic heterocycles. The van der Waals surface area contributed by atoms with E-state index in [-0.39, 0.29) is 24.0 Å². The first-order valence-corrected chi connectivity index (χ1v) is 24.5. The molecule has 16 nitrogen and oxygen atoms in total. The van der Waals surface area contributed by atoms with Crippen molar-refractivity contribution in [1.82, 2.24) is 48.6 Å². The maximum absolute atomic E-state index is 5.98. The van der Waals surface area contributed by atoms with Crippen molar-refractivity contribution in [3.63, 3.8) is 0 Å². The average Bonchev–Trinajstić information content (AvgIpc) is 4.12. The number of methoxy groups -OCH3 is 2. The zero-order valence-electron chi connectivity index (χ0n) is 40.2. The monoisotopic (exact) mass is 984 g/mol. The van der Waals surface area contributed by atoms with E-state index in [0.29, 0.717) is 33.7 Å². The van der Waals surface area contributed by atoms with E-state index < -0.39 is 0 Å². The number of rotatable bonds is 14. The lowest BCUT2D eigenvalue weighted by Crippen LogP contribution is -2.09. The van der Waals surface area contributed by atoms with Crippen LogP contribution in [-0.4, -0.2) is 75.1 Å². The van der Waals surface area contributed by atoms with E-state index in [1.165, 1.54) is 11.1 Å². The van der Waals surface area contributed by atoms with E-state index in [2.05, 4.69) is 44.9 Å². The Morgan fingerprint density at radius 1 is 0.557 bits per heavy atom. The summed E-state index contributed by atoms with van der Waals surface area (Å²) >= 11 is 12.0. The molecule has 0 spiro atoms. The summed E-state index contributed by atoms with van der Waals surface area (Å²) in [5.41, 5.74) is 5.82. The Morgan fingerprint density at radius 2 is 0.971 bits per heavy atom. The molecule has 364 valence electrons. The number of anilines is 4. The van der Waals surface area contributed by atoms with Gasteiger partial charge in [-0.2, -0.15) is 9.97 Å². The molecule has 0 fully saturated rings. The second kappa shape index (κ2) is 21.7. The van der Waals surface area contributed by atoms with Gasteiger partial charge in [-0.15, -0.1) is 10.2 Å². The van der Waals surface area contributed by atoms with E-state index >= 15 is 0 Å². The van der Waals surface area contributed by atoms with Crippen LogP contribution in [0.3, 0.4) is 0 Å². The molecule has 18 heteroatoms. The molecular formula is C52H58Cl2N12O4. The summed E-state index contributed by atoms with van der Waals surface area (Å²) in [6, 6.07) is 28.4. The summed E-state index contributed by atoms with van der Waals surface area (Å²) < 4.78 is 30.6. The lowest BCUT2D eigenvalue weighted by molar-refractivity contribution is 0.242. The van der Waals surface area contributed by atoms with Gasteiger partial charge in [0.1, 0.15) is 57.6 Å². The van der Waals surface area contributed by atoms with Crippen molar-refractivity contribution < 1.29 is 18.9 Å². The molecule has 0 amide bonds. The van der Waals surface area contributed by atoms with Crippen LogP contribution >= 0.6 is 23.2 Å². The van der Waals surface area contributed by atoms with Crippen LogP contribution in [-0.2, 0) is 13.1 Å². The van der Waals surface area contributed by atoms with Gasteiger partial charge < -0.3 is 38.7 Å². The largest absolute Gasteiger partial charge is 0.494 e. The molecule has 0 unspecified atom stereocenters. The number of nitrogens with one attached hydrogen (secondary N) is 2. The molecule has 2 atom stereocenters. The standard InChI is InChI=1S/2C26H29ClN6O2/c2*1-17(2)35-20-10-7-18(8-11-20)21-6-4-5-13-33-25(21)30-26(31-33)29-19-9-12-22(23(14-19)34-3)32-15-24(27)28-16-32/h2*7-12,14-17,21H,4-6,13H2,1-3H3,(H,29,31)/t2*21-/m10/s1. The molecule has 10 rings (SSSR count). The van der Waals surface area contributed by atoms with Gasteiger partial charge in [-0.25, -0.2) is 19.3 Å². The fraction of sp³-hybridized carbons (Fsp3) is 0.346. The van der Waals surface area contributed by atoms with Crippen LogP contribution in [0.1, 0.15) is 101 Å². The third-order valence-electron chi connectivity index (χ3n) is 12.1. The summed E-state index contributed by atoms with van der Waals surface area (Å²) in [5.74, 6) is 6.65. The molecule has 2 N–H and O–H groups in total. The van der Waals surface area contributed by atoms with Gasteiger partial charge in [-0.05, 0) is 113 Å². The minimum Gasteiger partial charge on any atom is -0.494 e. The highest BCUT2D eigenvalue weighted by Gasteiger charge is 2.27. The number of hydrogen-bond acceptors (Lipinski definition) is 12. The van der Waals surface area contributed by atoms with Crippen LogP contribution in [0.2, 0.25) is 10.3 Å². The lowest BCUT2D eigenvalue weighted by Gasteiger charge is -2.16. The molecule has 0 radical (unpaired) electrons. The highest BCUT2D eigenvalue weighted by molar-refractivity contribution is 6.29. The highest BCUT2D eigenvalue weighted by atomic mass is 35.5. The molecule has 4 aromatic heterocycles. The number of fused-ring (bicyclic) bond motifs is 2. The zero-order valence-corrected chi connectivity index (χ0v) is 41.7. The van der Waals surface area contributed by atoms with Gasteiger partial charge in [0.05, 0.1) is 37.8 Å². The van der Waals surface area contributed by atoms with Gasteiger partial charge in [0.15, 0.2) is 0 Å². The lowest BCUT2D eigenvalue weighted by atomic mass is 9.93. The van der Waals surface area contributed by atoms with Crippen LogP contribution in [0.15, 0.2) is 110 Å². The Balaban J connectivity index is 0.000000174. The summed E-state index contributed by atoms with van der Waals surface area (Å²) in [4.78, 5) is 18.0. The Kier molecular flexibility index (Phi) is 14.9. The van der Waals surface area contributed by atoms with Crippen molar-refractivity contribution >= 4 is 46.5 Å². The summed E-state index contributed by atoms with van der Waals surface area (Å²) in [6.45, 7) is 9.86. The molecule has 0 bridgehead atoms. The van der Waals surface area contributed by atoms with E-state index in [4.69, 9.17) is 62.3 Å². The molecule has 4 aromatic carbocycles. The maximum Gasteiger partial charge on any atom is 0.246 e. The van der Waals surface area contributed by atoms with Gasteiger partial charge in [-0.3, -0.25) is 0 Å². The van der Waals surface area contributed by atoms with Crippen LogP contribution < -0.4 is 29.6 Å². The minimum atomic E-state index is 0.154. The molecule has 0 aliphatic carbocycles. The van der Waals surface area contributed by atoms with E-state index in [1.807, 2.05) is 107 Å². The Bertz CT molecular complexity index is 2800. The molecule has 6 heterocycles. The first-order valence-electron chi connectivity index (χ1n) is 23.7. The third-order valence-corrected chi connectivity index (χ3v) is 12.5. The smallest absolute Gasteiger partial charge is 0.246 e. The number of ether oxygens (including phenoxy) is 4. The topological polar surface area (TPSA) is 158 Å². The predicted octanol–water partition coefficient (Wildman–Crippen LogP) is 11.9. The SMILES string of the molecule is COc1cc(Nc2nc3n(n2)CCCC[C@@H]3c2ccc(OC(C)C)cc2)ccc1-n1cnc(Cl)c1.COc1cc(Nc2nc3n(n2)CCCC[C@H]3c2ccc(OC(C)C)cc2)ccc1-n1cnc(Cl)c1. The zero-order chi connectivity index (χ0) is 48.7. The summed E-state index contributed by atoms with van der Waals surface area (Å²) in [5, 5.41) is 17.1. The number of benzene rings is 4. The molecule has 0 saturated heterocycles. The van der Waals surface area contributed by atoms with Crippen molar-refractivity contribution in [3.8, 4) is 34.4 Å². The number of halogens is 2. The molecular weight excluding hydrogens is 928 g/mol. The highest BCUT2D eigenvalue weighted by Crippen LogP contribution is 2.37. The Hall–Kier alpha value is -7.04. The van der Waals surface area contributed by atoms with Crippen molar-refractivity contribution in [3.05, 3.63) is 143 Å². The Labute approximate surface area is 417 Å².